The van der Waals surface area contributed by atoms with Gasteiger partial charge in [0.2, 0.25) is 5.91 Å². The molecule has 7 nitrogen and oxygen atoms in total. The summed E-state index contributed by atoms with van der Waals surface area (Å²) in [6, 6.07) is 15.9. The number of H-pyrrole nitrogens is 1. The van der Waals surface area contributed by atoms with E-state index in [0.717, 1.165) is 67.0 Å². The highest BCUT2D eigenvalue weighted by Crippen LogP contribution is 2.49. The van der Waals surface area contributed by atoms with Crippen molar-refractivity contribution in [2.24, 2.45) is 0 Å². The van der Waals surface area contributed by atoms with Crippen molar-refractivity contribution in [3.8, 4) is 0 Å². The van der Waals surface area contributed by atoms with Crippen LogP contribution in [0.15, 0.2) is 48.5 Å². The molecule has 1 aromatic heterocycles. The fraction of sp³-hybridized carbons (Fsp3) is 0.429. The molecule has 6 rings (SSSR count). The Balaban J connectivity index is 1.38. The smallest absolute Gasteiger partial charge is 0.254 e. The highest BCUT2D eigenvalue weighted by Gasteiger charge is 2.56. The zero-order chi connectivity index (χ0) is 24.9. The highest BCUT2D eigenvalue weighted by atomic mass is 35.5. The summed E-state index contributed by atoms with van der Waals surface area (Å²) in [7, 11) is 0. The van der Waals surface area contributed by atoms with Crippen LogP contribution in [0.5, 0.6) is 0 Å². The number of para-hydroxylation sites is 1. The van der Waals surface area contributed by atoms with E-state index in [1.165, 1.54) is 0 Å². The van der Waals surface area contributed by atoms with Crippen LogP contribution in [0.3, 0.4) is 0 Å². The molecule has 2 amide bonds. The van der Waals surface area contributed by atoms with Gasteiger partial charge in [-0.3, -0.25) is 14.5 Å². The molecule has 0 aliphatic carbocycles. The first-order valence-electron chi connectivity index (χ1n) is 12.7. The van der Waals surface area contributed by atoms with Crippen LogP contribution in [0.2, 0.25) is 5.02 Å². The standard InChI is InChI=1S/C28H31ClN4O3/c1-28-26-25(20-8-3-5-10-23(20)30-26)21(19-7-2-4-9-22(19)29)17-33(28)24(34)18-32(27(28)35)12-6-11-31-13-15-36-16-14-31/h2-5,7-10,21,30H,6,11-18H2,1H3. The summed E-state index contributed by atoms with van der Waals surface area (Å²) in [6.45, 7) is 7.24. The molecule has 2 saturated heterocycles. The second-order valence-corrected chi connectivity index (χ2v) is 10.6. The fourth-order valence-corrected chi connectivity index (χ4v) is 6.47. The number of carbonyl (C=O) groups is 2. The van der Waals surface area contributed by atoms with Crippen molar-refractivity contribution in [3.63, 3.8) is 0 Å². The number of nitrogens with one attached hydrogen (secondary N) is 1. The minimum absolute atomic E-state index is 0.0190. The predicted molar refractivity (Wildman–Crippen MR) is 139 cm³/mol. The van der Waals surface area contributed by atoms with Gasteiger partial charge >= 0.3 is 0 Å². The number of nitrogens with zero attached hydrogens (tertiary/aromatic N) is 3. The molecular weight excluding hydrogens is 476 g/mol. The number of aromatic nitrogens is 1. The zero-order valence-corrected chi connectivity index (χ0v) is 21.3. The maximum absolute atomic E-state index is 14.1. The van der Waals surface area contributed by atoms with E-state index < -0.39 is 5.54 Å². The summed E-state index contributed by atoms with van der Waals surface area (Å²) in [5.74, 6) is -0.165. The Hall–Kier alpha value is -2.87. The maximum atomic E-state index is 14.1. The predicted octanol–water partition coefficient (Wildman–Crippen LogP) is 3.58. The summed E-state index contributed by atoms with van der Waals surface area (Å²) in [5.41, 5.74) is 2.72. The number of amides is 2. The van der Waals surface area contributed by atoms with Crippen molar-refractivity contribution in [1.29, 1.82) is 0 Å². The number of carbonyl (C=O) groups excluding carboxylic acids is 2. The number of morpholine rings is 1. The Morgan fingerprint density at radius 1 is 1.06 bits per heavy atom. The third-order valence-electron chi connectivity index (χ3n) is 8.10. The number of ether oxygens (including phenoxy) is 1. The van der Waals surface area contributed by atoms with Gasteiger partial charge in [0.1, 0.15) is 0 Å². The Labute approximate surface area is 215 Å². The van der Waals surface area contributed by atoms with Gasteiger partial charge in [0.05, 0.1) is 25.5 Å². The van der Waals surface area contributed by atoms with Gasteiger partial charge in [-0.15, -0.1) is 0 Å². The van der Waals surface area contributed by atoms with Crippen LogP contribution in [0.1, 0.15) is 36.1 Å². The first-order valence-corrected chi connectivity index (χ1v) is 13.1. The molecule has 0 spiro atoms. The fourth-order valence-electron chi connectivity index (χ4n) is 6.20. The maximum Gasteiger partial charge on any atom is 0.254 e. The minimum atomic E-state index is -1.08. The third-order valence-corrected chi connectivity index (χ3v) is 8.45. The first-order chi connectivity index (χ1) is 17.5. The van der Waals surface area contributed by atoms with Gasteiger partial charge in [0, 0.05) is 54.6 Å². The van der Waals surface area contributed by atoms with Gasteiger partial charge in [-0.05, 0) is 36.6 Å². The lowest BCUT2D eigenvalue weighted by atomic mass is 9.76. The number of halogens is 1. The van der Waals surface area contributed by atoms with Crippen molar-refractivity contribution in [1.82, 2.24) is 19.7 Å². The highest BCUT2D eigenvalue weighted by molar-refractivity contribution is 6.31. The number of aromatic amines is 1. The van der Waals surface area contributed by atoms with Crippen molar-refractivity contribution in [3.05, 3.63) is 70.4 Å². The molecule has 0 saturated carbocycles. The monoisotopic (exact) mass is 506 g/mol. The van der Waals surface area contributed by atoms with Crippen LogP contribution in [-0.4, -0.2) is 84.0 Å². The molecule has 3 aliphatic heterocycles. The second-order valence-electron chi connectivity index (χ2n) is 10.1. The molecule has 3 aliphatic rings. The lowest BCUT2D eigenvalue weighted by Crippen LogP contribution is -2.67. The van der Waals surface area contributed by atoms with E-state index in [9.17, 15) is 9.59 Å². The van der Waals surface area contributed by atoms with Crippen LogP contribution in [0, 0.1) is 0 Å². The number of hydrogen-bond acceptors (Lipinski definition) is 4. The van der Waals surface area contributed by atoms with E-state index in [4.69, 9.17) is 16.3 Å². The van der Waals surface area contributed by atoms with E-state index in [1.54, 1.807) is 9.80 Å². The van der Waals surface area contributed by atoms with E-state index in [-0.39, 0.29) is 24.3 Å². The number of fused-ring (bicyclic) bond motifs is 5. The number of hydrogen-bond donors (Lipinski definition) is 1. The second kappa shape index (κ2) is 9.21. The van der Waals surface area contributed by atoms with Crippen molar-refractivity contribution in [2.45, 2.75) is 24.8 Å². The van der Waals surface area contributed by atoms with Crippen molar-refractivity contribution < 1.29 is 14.3 Å². The van der Waals surface area contributed by atoms with Gasteiger partial charge < -0.3 is 19.5 Å². The Morgan fingerprint density at radius 2 is 1.81 bits per heavy atom. The van der Waals surface area contributed by atoms with Crippen LogP contribution >= 0.6 is 11.6 Å². The molecule has 4 heterocycles. The normalized spacial score (nSPS) is 24.8. The van der Waals surface area contributed by atoms with E-state index in [0.29, 0.717) is 18.1 Å². The van der Waals surface area contributed by atoms with Gasteiger partial charge in [-0.2, -0.15) is 0 Å². The number of rotatable bonds is 5. The third kappa shape index (κ3) is 3.72. The van der Waals surface area contributed by atoms with Gasteiger partial charge in [-0.1, -0.05) is 48.0 Å². The topological polar surface area (TPSA) is 68.9 Å². The minimum Gasteiger partial charge on any atom is -0.379 e. The van der Waals surface area contributed by atoms with Crippen molar-refractivity contribution >= 4 is 34.3 Å². The van der Waals surface area contributed by atoms with E-state index >= 15 is 0 Å². The molecule has 36 heavy (non-hydrogen) atoms. The van der Waals surface area contributed by atoms with Gasteiger partial charge in [-0.25, -0.2) is 0 Å². The SMILES string of the molecule is CC12C(=O)N(CCCN3CCOCC3)CC(=O)N1CC(c1ccccc1Cl)c1c2[nH]c2ccccc12. The Morgan fingerprint density at radius 3 is 2.61 bits per heavy atom. The van der Waals surface area contributed by atoms with Gasteiger partial charge in [0.25, 0.3) is 5.91 Å². The summed E-state index contributed by atoms with van der Waals surface area (Å²) in [4.78, 5) is 37.1. The lowest BCUT2D eigenvalue weighted by Gasteiger charge is -2.51. The molecule has 0 radical (unpaired) electrons. The molecule has 2 unspecified atom stereocenters. The molecular formula is C28H31ClN4O3. The van der Waals surface area contributed by atoms with E-state index in [1.807, 2.05) is 49.4 Å². The van der Waals surface area contributed by atoms with Crippen LogP contribution < -0.4 is 0 Å². The van der Waals surface area contributed by atoms with Crippen molar-refractivity contribution in [2.75, 3.05) is 52.5 Å². The molecule has 2 atom stereocenters. The summed E-state index contributed by atoms with van der Waals surface area (Å²) >= 11 is 6.66. The van der Waals surface area contributed by atoms with Crippen LogP contribution in [0.4, 0.5) is 0 Å². The molecule has 188 valence electrons. The van der Waals surface area contributed by atoms with Gasteiger partial charge in [0.15, 0.2) is 5.54 Å². The number of benzene rings is 2. The Kier molecular flexibility index (Phi) is 6.02. The summed E-state index contributed by atoms with van der Waals surface area (Å²) in [5, 5.41) is 1.74. The molecule has 2 fully saturated rings. The van der Waals surface area contributed by atoms with Crippen LogP contribution in [0.25, 0.3) is 10.9 Å². The first kappa shape index (κ1) is 23.5. The Bertz CT molecular complexity index is 1320. The quantitative estimate of drug-likeness (QED) is 0.574. The summed E-state index contributed by atoms with van der Waals surface area (Å²) in [6.07, 6.45) is 0.830. The lowest BCUT2D eigenvalue weighted by molar-refractivity contribution is -0.166. The molecule has 0 bridgehead atoms. The largest absolute Gasteiger partial charge is 0.379 e. The average Bonchev–Trinajstić information content (AvgIpc) is 3.29. The van der Waals surface area contributed by atoms with Crippen LogP contribution in [-0.2, 0) is 19.9 Å². The molecule has 2 aromatic carbocycles. The molecule has 3 aromatic rings. The zero-order valence-electron chi connectivity index (χ0n) is 20.5. The van der Waals surface area contributed by atoms with E-state index in [2.05, 4.69) is 16.0 Å². The number of piperazine rings is 1. The average molecular weight is 507 g/mol. The summed E-state index contributed by atoms with van der Waals surface area (Å²) < 4.78 is 5.44. The molecule has 8 heteroatoms. The molecule has 1 N–H and O–H groups in total.